The first kappa shape index (κ1) is 24.8. The van der Waals surface area contributed by atoms with E-state index < -0.39 is 12.0 Å². The van der Waals surface area contributed by atoms with Crippen molar-refractivity contribution in [3.63, 3.8) is 0 Å². The molecule has 0 unspecified atom stereocenters. The molecule has 0 aliphatic carbocycles. The van der Waals surface area contributed by atoms with E-state index in [1.54, 1.807) is 53.6 Å². The van der Waals surface area contributed by atoms with Crippen molar-refractivity contribution in [1.29, 1.82) is 0 Å². The Kier molecular flexibility index (Phi) is 7.12. The maximum absolute atomic E-state index is 13.8. The van der Waals surface area contributed by atoms with E-state index in [2.05, 4.69) is 0 Å². The van der Waals surface area contributed by atoms with Crippen LogP contribution in [0.25, 0.3) is 11.8 Å². The number of carbonyl (C=O) groups excluding carboxylic acids is 1. The van der Waals surface area contributed by atoms with Gasteiger partial charge in [0.05, 0.1) is 28.5 Å². The average molecular weight is 529 g/mol. The molecule has 186 valence electrons. The molecule has 0 bridgehead atoms. The van der Waals surface area contributed by atoms with Crippen LogP contribution in [0.5, 0.6) is 5.75 Å². The maximum Gasteiger partial charge on any atom is 0.338 e. The average Bonchev–Trinajstić information content (AvgIpc) is 3.24. The van der Waals surface area contributed by atoms with E-state index in [-0.39, 0.29) is 17.9 Å². The Bertz CT molecular complexity index is 1670. The second-order valence-electron chi connectivity index (χ2n) is 8.26. The van der Waals surface area contributed by atoms with Gasteiger partial charge in [0.2, 0.25) is 0 Å². The molecule has 1 N–H and O–H groups in total. The van der Waals surface area contributed by atoms with Gasteiger partial charge in [0.25, 0.3) is 5.56 Å². The molecule has 1 aliphatic heterocycles. The minimum Gasteiger partial charge on any atom is -0.507 e. The number of rotatable bonds is 6. The lowest BCUT2D eigenvalue weighted by Crippen LogP contribution is -2.40. The van der Waals surface area contributed by atoms with E-state index in [0.29, 0.717) is 26.2 Å². The smallest absolute Gasteiger partial charge is 0.338 e. The fourth-order valence-corrected chi connectivity index (χ4v) is 5.69. The molecule has 6 nitrogen and oxygen atoms in total. The molecule has 4 aromatic rings. The molecule has 3 aromatic carbocycles. The highest BCUT2D eigenvalue weighted by Crippen LogP contribution is 2.35. The third kappa shape index (κ3) is 4.77. The van der Waals surface area contributed by atoms with Crippen molar-refractivity contribution in [3.8, 4) is 5.75 Å². The minimum absolute atomic E-state index is 0.0785. The van der Waals surface area contributed by atoms with Crippen LogP contribution in [0.15, 0.2) is 99.1 Å². The van der Waals surface area contributed by atoms with Gasteiger partial charge >= 0.3 is 5.97 Å². The first-order chi connectivity index (χ1) is 18.0. The number of esters is 1. The van der Waals surface area contributed by atoms with Gasteiger partial charge in [-0.2, -0.15) is 0 Å². The highest BCUT2D eigenvalue weighted by Gasteiger charge is 2.35. The number of hydrogen-bond donors (Lipinski definition) is 1. The van der Waals surface area contributed by atoms with Gasteiger partial charge in [-0.15, -0.1) is 11.8 Å². The van der Waals surface area contributed by atoms with Crippen molar-refractivity contribution in [2.24, 2.45) is 4.99 Å². The number of thiazole rings is 1. The van der Waals surface area contributed by atoms with Crippen LogP contribution in [0.1, 0.15) is 29.7 Å². The van der Waals surface area contributed by atoms with Crippen LogP contribution in [0.4, 0.5) is 0 Å². The Balaban J connectivity index is 1.83. The van der Waals surface area contributed by atoms with Gasteiger partial charge in [-0.05, 0) is 43.0 Å². The molecule has 1 aliphatic rings. The van der Waals surface area contributed by atoms with Crippen molar-refractivity contribution in [2.75, 3.05) is 12.9 Å². The SMILES string of the molecule is CCOC(=O)C1=C(c2ccccc2)N=c2s/c(=C/c3ccccc3O)c(=O)n2[C@@H]1c1ccc(SC)cc1. The third-order valence-corrected chi connectivity index (χ3v) is 7.76. The van der Waals surface area contributed by atoms with Crippen LogP contribution < -0.4 is 14.9 Å². The zero-order chi connectivity index (χ0) is 25.9. The minimum atomic E-state index is -0.729. The van der Waals surface area contributed by atoms with E-state index in [1.165, 1.54) is 11.3 Å². The van der Waals surface area contributed by atoms with Gasteiger partial charge in [0, 0.05) is 16.0 Å². The molecule has 1 atom stereocenters. The number of para-hydroxylation sites is 1. The molecule has 0 saturated carbocycles. The van der Waals surface area contributed by atoms with Gasteiger partial charge in [0.15, 0.2) is 4.80 Å². The predicted octanol–water partition coefficient (Wildman–Crippen LogP) is 4.36. The molecule has 8 heteroatoms. The van der Waals surface area contributed by atoms with Crippen molar-refractivity contribution in [2.45, 2.75) is 17.9 Å². The summed E-state index contributed by atoms with van der Waals surface area (Å²) in [6.07, 6.45) is 3.65. The maximum atomic E-state index is 13.8. The lowest BCUT2D eigenvalue weighted by Gasteiger charge is -2.26. The Morgan fingerprint density at radius 1 is 1.08 bits per heavy atom. The lowest BCUT2D eigenvalue weighted by molar-refractivity contribution is -0.138. The third-order valence-electron chi connectivity index (χ3n) is 6.03. The number of aromatic hydroxyl groups is 1. The van der Waals surface area contributed by atoms with E-state index in [9.17, 15) is 14.7 Å². The molecule has 0 fully saturated rings. The van der Waals surface area contributed by atoms with Gasteiger partial charge in [0.1, 0.15) is 5.75 Å². The van der Waals surface area contributed by atoms with Gasteiger partial charge in [-0.25, -0.2) is 9.79 Å². The number of hydrogen-bond acceptors (Lipinski definition) is 7. The Hall–Kier alpha value is -3.88. The number of aromatic nitrogens is 1. The zero-order valence-electron chi connectivity index (χ0n) is 20.3. The fraction of sp³-hybridized carbons (Fsp3) is 0.138. The van der Waals surface area contributed by atoms with Gasteiger partial charge in [-0.1, -0.05) is 72.0 Å². The van der Waals surface area contributed by atoms with Crippen LogP contribution in [-0.4, -0.2) is 28.5 Å². The van der Waals surface area contributed by atoms with Crippen LogP contribution in [0.3, 0.4) is 0 Å². The summed E-state index contributed by atoms with van der Waals surface area (Å²) in [5.41, 5.74) is 2.57. The monoisotopic (exact) mass is 528 g/mol. The summed E-state index contributed by atoms with van der Waals surface area (Å²) in [5.74, 6) is -0.436. The number of ether oxygens (including phenoxy) is 1. The van der Waals surface area contributed by atoms with E-state index in [1.807, 2.05) is 60.9 Å². The number of carbonyl (C=O) groups is 1. The standard InChI is InChI=1S/C29H24N2O4S2/c1-3-35-28(34)24-25(18-9-5-4-6-10-18)30-29-31(26(24)19-13-15-21(36-2)16-14-19)27(33)23(37-29)17-20-11-7-8-12-22(20)32/h4-17,26,32H,3H2,1-2H3/b23-17+/t26-/m1/s1. The van der Waals surface area contributed by atoms with Gasteiger partial charge in [-0.3, -0.25) is 9.36 Å². The molecule has 0 radical (unpaired) electrons. The summed E-state index contributed by atoms with van der Waals surface area (Å²) in [6, 6.07) is 23.4. The van der Waals surface area contributed by atoms with E-state index in [4.69, 9.17) is 9.73 Å². The number of nitrogens with zero attached hydrogens (tertiary/aromatic N) is 2. The predicted molar refractivity (Wildman–Crippen MR) is 147 cm³/mol. The summed E-state index contributed by atoms with van der Waals surface area (Å²) in [4.78, 5) is 33.7. The number of fused-ring (bicyclic) bond motifs is 1. The van der Waals surface area contributed by atoms with Crippen molar-refractivity contribution < 1.29 is 14.6 Å². The summed E-state index contributed by atoms with van der Waals surface area (Å²) in [5, 5.41) is 10.3. The lowest BCUT2D eigenvalue weighted by atomic mass is 9.93. The molecule has 5 rings (SSSR count). The normalized spacial score (nSPS) is 15.3. The molecule has 37 heavy (non-hydrogen) atoms. The Morgan fingerprint density at radius 3 is 2.46 bits per heavy atom. The first-order valence-corrected chi connectivity index (χ1v) is 13.8. The largest absolute Gasteiger partial charge is 0.507 e. The highest BCUT2D eigenvalue weighted by atomic mass is 32.2. The van der Waals surface area contributed by atoms with Crippen molar-refractivity contribution in [3.05, 3.63) is 121 Å². The Labute approximate surface area is 221 Å². The molecule has 0 spiro atoms. The summed E-state index contributed by atoms with van der Waals surface area (Å²) in [7, 11) is 0. The van der Waals surface area contributed by atoms with Crippen molar-refractivity contribution >= 4 is 40.8 Å². The molecular weight excluding hydrogens is 504 g/mol. The Morgan fingerprint density at radius 2 is 1.78 bits per heavy atom. The molecule has 0 amide bonds. The molecule has 2 heterocycles. The molecule has 1 aromatic heterocycles. The summed E-state index contributed by atoms with van der Waals surface area (Å²) < 4.78 is 7.45. The highest BCUT2D eigenvalue weighted by molar-refractivity contribution is 7.98. The second-order valence-corrected chi connectivity index (χ2v) is 10.2. The second kappa shape index (κ2) is 10.6. The molecular formula is C29H24N2O4S2. The first-order valence-electron chi connectivity index (χ1n) is 11.7. The fourth-order valence-electron chi connectivity index (χ4n) is 4.29. The topological polar surface area (TPSA) is 80.9 Å². The number of thioether (sulfide) groups is 1. The van der Waals surface area contributed by atoms with Crippen LogP contribution >= 0.6 is 23.1 Å². The number of phenols is 1. The quantitative estimate of drug-likeness (QED) is 0.297. The number of benzene rings is 3. The zero-order valence-corrected chi connectivity index (χ0v) is 21.9. The number of phenolic OH excluding ortho intramolecular Hbond substituents is 1. The molecule has 0 saturated heterocycles. The van der Waals surface area contributed by atoms with Crippen molar-refractivity contribution in [1.82, 2.24) is 4.57 Å². The van der Waals surface area contributed by atoms with E-state index >= 15 is 0 Å². The van der Waals surface area contributed by atoms with Gasteiger partial charge < -0.3 is 9.84 Å². The van der Waals surface area contributed by atoms with Crippen LogP contribution in [0, 0.1) is 0 Å². The van der Waals surface area contributed by atoms with Crippen LogP contribution in [-0.2, 0) is 9.53 Å². The summed E-state index contributed by atoms with van der Waals surface area (Å²) >= 11 is 2.84. The van der Waals surface area contributed by atoms with E-state index in [0.717, 1.165) is 16.0 Å². The summed E-state index contributed by atoms with van der Waals surface area (Å²) in [6.45, 7) is 1.95. The van der Waals surface area contributed by atoms with Crippen LogP contribution in [0.2, 0.25) is 0 Å².